The zero-order valence-corrected chi connectivity index (χ0v) is 46.8. The lowest BCUT2D eigenvalue weighted by molar-refractivity contribution is 1.30. The second-order valence-corrected chi connectivity index (χ2v) is 21.6. The van der Waals surface area contributed by atoms with Gasteiger partial charge in [-0.1, -0.05) is 255 Å². The van der Waals surface area contributed by atoms with Gasteiger partial charge in [0.2, 0.25) is 0 Å². The van der Waals surface area contributed by atoms with Crippen molar-refractivity contribution < 1.29 is 0 Å². The van der Waals surface area contributed by atoms with Gasteiger partial charge in [-0.2, -0.15) is 0 Å². The molecule has 0 amide bonds. The van der Waals surface area contributed by atoms with Crippen LogP contribution in [-0.2, 0) is 0 Å². The summed E-state index contributed by atoms with van der Waals surface area (Å²) >= 11 is 0. The lowest BCUT2D eigenvalue weighted by atomic mass is 9.78. The van der Waals surface area contributed by atoms with Gasteiger partial charge in [0.1, 0.15) is 0 Å². The Labute approximate surface area is 496 Å². The molecular weight excluding hydrogens is 1030 g/mol. The summed E-state index contributed by atoms with van der Waals surface area (Å²) in [6, 6.07) is 126. The van der Waals surface area contributed by atoms with E-state index in [0.29, 0.717) is 0 Å². The van der Waals surface area contributed by atoms with E-state index in [1.54, 1.807) is 0 Å². The maximum Gasteiger partial charge on any atom is 0.0540 e. The highest BCUT2D eigenvalue weighted by molar-refractivity contribution is 6.19. The molecule has 0 bridgehead atoms. The first-order valence-corrected chi connectivity index (χ1v) is 29.2. The summed E-state index contributed by atoms with van der Waals surface area (Å²) in [6.07, 6.45) is 0. The zero-order valence-electron chi connectivity index (χ0n) is 46.8. The van der Waals surface area contributed by atoms with Gasteiger partial charge < -0.3 is 14.7 Å². The molecule has 0 atom stereocenters. The second-order valence-electron chi connectivity index (χ2n) is 21.6. The third-order valence-electron chi connectivity index (χ3n) is 16.6. The Balaban J connectivity index is 1.02. The van der Waals surface area contributed by atoms with Gasteiger partial charge in [0.05, 0.1) is 17.1 Å². The molecule has 3 heteroatoms. The van der Waals surface area contributed by atoms with Crippen LogP contribution in [0.15, 0.2) is 346 Å². The Morgan fingerprint density at radius 3 is 0.800 bits per heavy atom. The predicted molar refractivity (Wildman–Crippen MR) is 362 cm³/mol. The molecule has 0 aromatic heterocycles. The molecule has 0 aliphatic carbocycles. The van der Waals surface area contributed by atoms with Crippen LogP contribution in [0.4, 0.5) is 51.2 Å². The minimum absolute atomic E-state index is 1.06. The Hall–Kier alpha value is -11.3. The molecule has 0 fully saturated rings. The summed E-state index contributed by atoms with van der Waals surface area (Å²) in [6.45, 7) is 0. The van der Waals surface area contributed by atoms with Crippen LogP contribution >= 0.6 is 0 Å². The van der Waals surface area contributed by atoms with Crippen molar-refractivity contribution in [2.24, 2.45) is 0 Å². The fourth-order valence-electron chi connectivity index (χ4n) is 12.8. The maximum atomic E-state index is 2.45. The Kier molecular flexibility index (Phi) is 13.3. The normalized spacial score (nSPS) is 11.3. The summed E-state index contributed by atoms with van der Waals surface area (Å²) in [7, 11) is 0. The van der Waals surface area contributed by atoms with Gasteiger partial charge in [-0.3, -0.25) is 0 Å². The van der Waals surface area contributed by atoms with E-state index in [2.05, 4.69) is 360 Å². The maximum absolute atomic E-state index is 2.45. The molecule has 0 unspecified atom stereocenters. The van der Waals surface area contributed by atoms with Crippen LogP contribution in [0.2, 0.25) is 0 Å². The molecule has 85 heavy (non-hydrogen) atoms. The third kappa shape index (κ3) is 9.40. The molecule has 15 rings (SSSR count). The standard InChI is InChI=1S/C82H57N3/c1-6-28-61(29-7-1)79-74-56-55-70(85(67-39-14-5-15-40-67)78-46-24-34-60-27-18-21-43-73(60)78)57-75(74)80(62-30-8-2-9-31-62)82(64-49-53-69(54-50-64)84(66-37-12-4-13-38-66)77-45-23-33-59-26-17-20-42-72(59)77)81(79)63-47-51-68(52-48-63)83(65-35-10-3-11-36-65)76-44-22-32-58-25-16-19-41-71(58)76/h1-57H. The number of nitrogens with zero attached hydrogens (tertiary/aromatic N) is 3. The summed E-state index contributed by atoms with van der Waals surface area (Å²) in [5.74, 6) is 0. The van der Waals surface area contributed by atoms with Crippen molar-refractivity contribution in [2.75, 3.05) is 14.7 Å². The van der Waals surface area contributed by atoms with E-state index in [-0.39, 0.29) is 0 Å². The molecule has 15 aromatic carbocycles. The molecule has 0 N–H and O–H groups in total. The minimum Gasteiger partial charge on any atom is -0.310 e. The highest BCUT2D eigenvalue weighted by atomic mass is 15.2. The molecule has 15 aromatic rings. The molecule has 0 saturated heterocycles. The van der Waals surface area contributed by atoms with Gasteiger partial charge in [-0.05, 0) is 162 Å². The van der Waals surface area contributed by atoms with E-state index < -0.39 is 0 Å². The fourth-order valence-corrected chi connectivity index (χ4v) is 12.8. The quantitative estimate of drug-likeness (QED) is 0.114. The van der Waals surface area contributed by atoms with Crippen LogP contribution in [-0.4, -0.2) is 0 Å². The first-order chi connectivity index (χ1) is 42.2. The number of hydrogen-bond donors (Lipinski definition) is 0. The van der Waals surface area contributed by atoms with E-state index in [1.807, 2.05) is 0 Å². The van der Waals surface area contributed by atoms with Gasteiger partial charge in [-0.15, -0.1) is 0 Å². The van der Waals surface area contributed by atoms with Crippen molar-refractivity contribution in [2.45, 2.75) is 0 Å². The van der Waals surface area contributed by atoms with E-state index in [1.165, 1.54) is 37.9 Å². The second kappa shape index (κ2) is 22.2. The van der Waals surface area contributed by atoms with Gasteiger partial charge >= 0.3 is 0 Å². The Morgan fingerprint density at radius 1 is 0.153 bits per heavy atom. The molecule has 0 saturated carbocycles. The number of para-hydroxylation sites is 3. The van der Waals surface area contributed by atoms with Crippen molar-refractivity contribution in [3.05, 3.63) is 346 Å². The molecule has 400 valence electrons. The van der Waals surface area contributed by atoms with Crippen molar-refractivity contribution in [3.63, 3.8) is 0 Å². The average molecular weight is 1080 g/mol. The van der Waals surface area contributed by atoms with Crippen molar-refractivity contribution in [1.29, 1.82) is 0 Å². The van der Waals surface area contributed by atoms with Crippen molar-refractivity contribution >= 4 is 94.3 Å². The van der Waals surface area contributed by atoms with E-state index in [4.69, 9.17) is 0 Å². The molecule has 0 spiro atoms. The highest BCUT2D eigenvalue weighted by Crippen LogP contribution is 2.54. The zero-order chi connectivity index (χ0) is 56.5. The predicted octanol–water partition coefficient (Wildman–Crippen LogP) is 23.4. The van der Waals surface area contributed by atoms with Crippen LogP contribution in [0, 0.1) is 0 Å². The highest BCUT2D eigenvalue weighted by Gasteiger charge is 2.27. The molecular formula is C82H57N3. The number of rotatable bonds is 13. The topological polar surface area (TPSA) is 9.72 Å². The van der Waals surface area contributed by atoms with E-state index >= 15 is 0 Å². The largest absolute Gasteiger partial charge is 0.310 e. The van der Waals surface area contributed by atoms with E-state index in [9.17, 15) is 0 Å². The third-order valence-corrected chi connectivity index (χ3v) is 16.6. The summed E-state index contributed by atoms with van der Waals surface area (Å²) in [5, 5.41) is 9.45. The van der Waals surface area contributed by atoms with Gasteiger partial charge in [0, 0.05) is 50.3 Å². The first-order valence-electron chi connectivity index (χ1n) is 29.2. The van der Waals surface area contributed by atoms with Crippen molar-refractivity contribution in [1.82, 2.24) is 0 Å². The van der Waals surface area contributed by atoms with Gasteiger partial charge in [-0.25, -0.2) is 0 Å². The number of fused-ring (bicyclic) bond motifs is 4. The molecule has 0 aliphatic heterocycles. The van der Waals surface area contributed by atoms with Crippen LogP contribution in [0.5, 0.6) is 0 Å². The van der Waals surface area contributed by atoms with Crippen LogP contribution in [0.1, 0.15) is 0 Å². The van der Waals surface area contributed by atoms with E-state index in [0.717, 1.165) is 101 Å². The Bertz CT molecular complexity index is 4840. The van der Waals surface area contributed by atoms with Crippen LogP contribution in [0.25, 0.3) is 87.6 Å². The molecule has 0 aliphatic rings. The number of anilines is 9. The Morgan fingerprint density at radius 2 is 0.424 bits per heavy atom. The monoisotopic (exact) mass is 1080 g/mol. The SMILES string of the molecule is c1ccc(-c2c(-c3ccc(N(c4ccccc4)c4cccc5ccccc45)cc3)c(-c3ccc(N(c4ccccc4)c4cccc5ccccc45)cc3)c(-c3ccccc3)c3cc(N(c4ccccc4)c4cccc5ccccc45)ccc23)cc1. The molecule has 3 nitrogen and oxygen atoms in total. The average Bonchev–Trinajstić information content (AvgIpc) is 3.12. The summed E-state index contributed by atoms with van der Waals surface area (Å²) < 4.78 is 0. The molecule has 0 radical (unpaired) electrons. The van der Waals surface area contributed by atoms with Crippen LogP contribution in [0.3, 0.4) is 0 Å². The lowest BCUT2D eigenvalue weighted by Crippen LogP contribution is -2.11. The molecule has 0 heterocycles. The number of hydrogen-bond acceptors (Lipinski definition) is 3. The first kappa shape index (κ1) is 50.7. The van der Waals surface area contributed by atoms with Gasteiger partial charge in [0.15, 0.2) is 0 Å². The summed E-state index contributed by atoms with van der Waals surface area (Å²) in [4.78, 5) is 7.22. The summed E-state index contributed by atoms with van der Waals surface area (Å²) in [5.41, 5.74) is 18.9. The van der Waals surface area contributed by atoms with Gasteiger partial charge in [0.25, 0.3) is 0 Å². The number of benzene rings is 15. The van der Waals surface area contributed by atoms with Crippen LogP contribution < -0.4 is 14.7 Å². The lowest BCUT2D eigenvalue weighted by Gasteiger charge is -2.30. The minimum atomic E-state index is 1.06. The van der Waals surface area contributed by atoms with Crippen molar-refractivity contribution in [3.8, 4) is 44.5 Å². The smallest absolute Gasteiger partial charge is 0.0540 e. The fraction of sp³-hybridized carbons (Fsp3) is 0.